The first-order valence-corrected chi connectivity index (χ1v) is 12.7. The first-order valence-electron chi connectivity index (χ1n) is 11.3. The van der Waals surface area contributed by atoms with E-state index < -0.39 is 10.0 Å². The highest BCUT2D eigenvalue weighted by atomic mass is 32.2. The van der Waals surface area contributed by atoms with Gasteiger partial charge in [-0.25, -0.2) is 8.42 Å². The summed E-state index contributed by atoms with van der Waals surface area (Å²) in [7, 11) is -3.58. The number of sulfonamides is 1. The Kier molecular flexibility index (Phi) is 6.71. The SMILES string of the molecule is C[C@H]1CCCCN1S(=O)(=O)c1ccc(C(=O)N2CCN(C(=O)c3ccc(O)cc3)CC2)cc1. The second-order valence-corrected chi connectivity index (χ2v) is 10.5. The van der Waals surface area contributed by atoms with E-state index in [1.807, 2.05) is 6.92 Å². The Morgan fingerprint density at radius 1 is 0.788 bits per heavy atom. The van der Waals surface area contributed by atoms with Crippen LogP contribution in [0.15, 0.2) is 53.4 Å². The van der Waals surface area contributed by atoms with Gasteiger partial charge in [-0.2, -0.15) is 4.31 Å². The zero-order valence-corrected chi connectivity index (χ0v) is 19.5. The van der Waals surface area contributed by atoms with Crippen LogP contribution in [0.2, 0.25) is 0 Å². The number of phenols is 1. The third-order valence-electron chi connectivity index (χ3n) is 6.42. The minimum atomic E-state index is -3.58. The number of hydrogen-bond acceptors (Lipinski definition) is 5. The summed E-state index contributed by atoms with van der Waals surface area (Å²) in [6, 6.07) is 12.2. The molecule has 1 N–H and O–H groups in total. The van der Waals surface area contributed by atoms with E-state index in [9.17, 15) is 23.1 Å². The Bertz CT molecular complexity index is 1110. The van der Waals surface area contributed by atoms with Gasteiger partial charge in [-0.15, -0.1) is 0 Å². The number of nitrogens with zero attached hydrogens (tertiary/aromatic N) is 3. The molecule has 2 heterocycles. The molecule has 8 nitrogen and oxygen atoms in total. The number of amides is 2. The van der Waals surface area contributed by atoms with Crippen LogP contribution in [0.25, 0.3) is 0 Å². The quantitative estimate of drug-likeness (QED) is 0.739. The monoisotopic (exact) mass is 471 g/mol. The van der Waals surface area contributed by atoms with Gasteiger partial charge >= 0.3 is 0 Å². The van der Waals surface area contributed by atoms with Gasteiger partial charge in [0.05, 0.1) is 4.90 Å². The number of rotatable bonds is 4. The van der Waals surface area contributed by atoms with Crippen LogP contribution >= 0.6 is 0 Å². The van der Waals surface area contributed by atoms with E-state index in [-0.39, 0.29) is 28.5 Å². The van der Waals surface area contributed by atoms with E-state index in [0.29, 0.717) is 43.9 Å². The van der Waals surface area contributed by atoms with E-state index in [2.05, 4.69) is 0 Å². The lowest BCUT2D eigenvalue weighted by Gasteiger charge is -2.35. The first kappa shape index (κ1) is 23.3. The molecule has 2 saturated heterocycles. The minimum absolute atomic E-state index is 0.0226. The molecule has 4 rings (SSSR count). The molecule has 9 heteroatoms. The molecule has 176 valence electrons. The molecule has 0 spiro atoms. The smallest absolute Gasteiger partial charge is 0.253 e. The maximum absolute atomic E-state index is 13.0. The second kappa shape index (κ2) is 9.52. The van der Waals surface area contributed by atoms with E-state index in [4.69, 9.17) is 0 Å². The minimum Gasteiger partial charge on any atom is -0.508 e. The molecule has 2 fully saturated rings. The molecule has 0 unspecified atom stereocenters. The zero-order valence-electron chi connectivity index (χ0n) is 18.7. The van der Waals surface area contributed by atoms with Crippen molar-refractivity contribution in [1.29, 1.82) is 0 Å². The topological polar surface area (TPSA) is 98.2 Å². The lowest BCUT2D eigenvalue weighted by atomic mass is 10.1. The van der Waals surface area contributed by atoms with Crippen molar-refractivity contribution in [3.8, 4) is 5.75 Å². The van der Waals surface area contributed by atoms with Crippen LogP contribution in [0.3, 0.4) is 0 Å². The van der Waals surface area contributed by atoms with E-state index in [1.54, 1.807) is 38.4 Å². The average molecular weight is 472 g/mol. The molecule has 0 aromatic heterocycles. The largest absolute Gasteiger partial charge is 0.508 e. The molecule has 2 aromatic carbocycles. The van der Waals surface area contributed by atoms with Crippen LogP contribution in [0, 0.1) is 0 Å². The van der Waals surface area contributed by atoms with Gasteiger partial charge in [0.15, 0.2) is 0 Å². The number of aromatic hydroxyl groups is 1. The highest BCUT2D eigenvalue weighted by Crippen LogP contribution is 2.25. The summed E-state index contributed by atoms with van der Waals surface area (Å²) < 4.78 is 27.5. The zero-order chi connectivity index (χ0) is 23.6. The number of benzene rings is 2. The van der Waals surface area contributed by atoms with Crippen molar-refractivity contribution in [3.63, 3.8) is 0 Å². The van der Waals surface area contributed by atoms with Crippen LogP contribution in [0.1, 0.15) is 46.9 Å². The van der Waals surface area contributed by atoms with Gasteiger partial charge in [0.1, 0.15) is 5.75 Å². The number of carbonyl (C=O) groups is 2. The fourth-order valence-corrected chi connectivity index (χ4v) is 6.11. The van der Waals surface area contributed by atoms with Crippen LogP contribution in [0.4, 0.5) is 0 Å². The van der Waals surface area contributed by atoms with Crippen molar-refractivity contribution < 1.29 is 23.1 Å². The molecule has 2 aliphatic rings. The van der Waals surface area contributed by atoms with E-state index in [0.717, 1.165) is 19.3 Å². The van der Waals surface area contributed by atoms with Crippen molar-refractivity contribution >= 4 is 21.8 Å². The van der Waals surface area contributed by atoms with Gasteiger partial charge in [0.25, 0.3) is 11.8 Å². The van der Waals surface area contributed by atoms with Crippen molar-refractivity contribution in [3.05, 3.63) is 59.7 Å². The van der Waals surface area contributed by atoms with Gasteiger partial charge in [-0.3, -0.25) is 9.59 Å². The molecule has 1 atom stereocenters. The Morgan fingerprint density at radius 3 is 1.76 bits per heavy atom. The molecule has 2 aromatic rings. The van der Waals surface area contributed by atoms with E-state index >= 15 is 0 Å². The number of carbonyl (C=O) groups excluding carboxylic acids is 2. The van der Waals surface area contributed by atoms with Gasteiger partial charge in [0, 0.05) is 49.9 Å². The third kappa shape index (κ3) is 4.89. The van der Waals surface area contributed by atoms with Crippen molar-refractivity contribution in [2.45, 2.75) is 37.1 Å². The first-order chi connectivity index (χ1) is 15.8. The number of piperidine rings is 1. The summed E-state index contributed by atoms with van der Waals surface area (Å²) in [6.45, 7) is 4.06. The van der Waals surface area contributed by atoms with Crippen molar-refractivity contribution in [2.24, 2.45) is 0 Å². The molecular weight excluding hydrogens is 442 g/mol. The summed E-state index contributed by atoms with van der Waals surface area (Å²) in [4.78, 5) is 29.1. The predicted molar refractivity (Wildman–Crippen MR) is 124 cm³/mol. The highest BCUT2D eigenvalue weighted by Gasteiger charge is 2.31. The molecule has 2 aliphatic heterocycles. The Hall–Kier alpha value is -2.91. The maximum atomic E-state index is 13.0. The Balaban J connectivity index is 1.38. The van der Waals surface area contributed by atoms with Gasteiger partial charge in [-0.05, 0) is 68.3 Å². The predicted octanol–water partition coefficient (Wildman–Crippen LogP) is 2.55. The molecule has 0 aliphatic carbocycles. The average Bonchev–Trinajstić information content (AvgIpc) is 2.84. The van der Waals surface area contributed by atoms with Gasteiger partial charge in [0.2, 0.25) is 10.0 Å². The number of phenolic OH excluding ortho intramolecular Hbond substituents is 1. The summed E-state index contributed by atoms with van der Waals surface area (Å²) in [5.41, 5.74) is 0.923. The maximum Gasteiger partial charge on any atom is 0.253 e. The van der Waals surface area contributed by atoms with Crippen LogP contribution in [0.5, 0.6) is 5.75 Å². The van der Waals surface area contributed by atoms with Crippen molar-refractivity contribution in [2.75, 3.05) is 32.7 Å². The summed E-state index contributed by atoms with van der Waals surface area (Å²) in [5, 5.41) is 9.39. The lowest BCUT2D eigenvalue weighted by Crippen LogP contribution is -2.50. The normalized spacial score (nSPS) is 20.0. The molecule has 0 saturated carbocycles. The van der Waals surface area contributed by atoms with E-state index in [1.165, 1.54) is 24.3 Å². The third-order valence-corrected chi connectivity index (χ3v) is 8.45. The Labute approximate surface area is 194 Å². The second-order valence-electron chi connectivity index (χ2n) is 8.62. The molecule has 0 bridgehead atoms. The fourth-order valence-electron chi connectivity index (χ4n) is 4.42. The summed E-state index contributed by atoms with van der Waals surface area (Å²) in [5.74, 6) is -0.211. The number of piperazine rings is 1. The van der Waals surface area contributed by atoms with Crippen LogP contribution in [-0.4, -0.2) is 78.2 Å². The van der Waals surface area contributed by atoms with Crippen LogP contribution < -0.4 is 0 Å². The molecule has 0 radical (unpaired) electrons. The lowest BCUT2D eigenvalue weighted by molar-refractivity contribution is 0.0535. The molecule has 2 amide bonds. The number of hydrogen-bond donors (Lipinski definition) is 1. The fraction of sp³-hybridized carbons (Fsp3) is 0.417. The van der Waals surface area contributed by atoms with Crippen LogP contribution in [-0.2, 0) is 10.0 Å². The van der Waals surface area contributed by atoms with Crippen molar-refractivity contribution in [1.82, 2.24) is 14.1 Å². The molecule has 33 heavy (non-hydrogen) atoms. The standard InChI is InChI=1S/C24H29N3O5S/c1-18-4-2-3-13-27(18)33(31,32)22-11-7-20(8-12-22)24(30)26-16-14-25(15-17-26)23(29)19-5-9-21(28)10-6-19/h5-12,18,28H,2-4,13-17H2,1H3/t18-/m0/s1. The molecular formula is C24H29N3O5S. The van der Waals surface area contributed by atoms with Gasteiger partial charge < -0.3 is 14.9 Å². The highest BCUT2D eigenvalue weighted by molar-refractivity contribution is 7.89. The summed E-state index contributed by atoms with van der Waals surface area (Å²) >= 11 is 0. The Morgan fingerprint density at radius 2 is 1.27 bits per heavy atom. The summed E-state index contributed by atoms with van der Waals surface area (Å²) in [6.07, 6.45) is 2.76. The van der Waals surface area contributed by atoms with Gasteiger partial charge in [-0.1, -0.05) is 6.42 Å².